The molecule has 2 heterocycles. The SMILES string of the molecule is Cc1cc(NC2CCCC2)c2[nH]c(C3=N[C@H](C(=O)O)CS3)cc2c1. The van der Waals surface area contributed by atoms with Crippen LogP contribution in [0.2, 0.25) is 0 Å². The molecule has 0 saturated heterocycles. The van der Waals surface area contributed by atoms with Gasteiger partial charge in [-0.15, -0.1) is 11.8 Å². The lowest BCUT2D eigenvalue weighted by Gasteiger charge is -2.15. The largest absolute Gasteiger partial charge is 0.480 e. The summed E-state index contributed by atoms with van der Waals surface area (Å²) in [6, 6.07) is 6.35. The van der Waals surface area contributed by atoms with Gasteiger partial charge in [0.2, 0.25) is 0 Å². The second-order valence-corrected chi connectivity index (χ2v) is 7.69. The lowest BCUT2D eigenvalue weighted by atomic mass is 10.1. The van der Waals surface area contributed by atoms with Crippen LogP contribution in [-0.4, -0.2) is 38.9 Å². The van der Waals surface area contributed by atoms with Crippen molar-refractivity contribution in [3.63, 3.8) is 0 Å². The Bertz CT molecular complexity index is 821. The predicted octanol–water partition coefficient (Wildman–Crippen LogP) is 3.78. The van der Waals surface area contributed by atoms with E-state index in [1.165, 1.54) is 43.0 Å². The first-order valence-corrected chi connectivity index (χ1v) is 9.42. The number of aliphatic carboxylic acids is 1. The van der Waals surface area contributed by atoms with E-state index in [4.69, 9.17) is 5.11 Å². The van der Waals surface area contributed by atoms with E-state index in [1.54, 1.807) is 0 Å². The second-order valence-electron chi connectivity index (χ2n) is 6.68. The number of hydrogen-bond donors (Lipinski definition) is 3. The third-order valence-electron chi connectivity index (χ3n) is 4.75. The Hall–Kier alpha value is -1.95. The van der Waals surface area contributed by atoms with Crippen LogP contribution in [0.4, 0.5) is 5.69 Å². The summed E-state index contributed by atoms with van der Waals surface area (Å²) in [5.74, 6) is -0.347. The molecule has 2 aromatic rings. The molecular formula is C18H21N3O2S. The molecule has 3 N–H and O–H groups in total. The van der Waals surface area contributed by atoms with Crippen LogP contribution in [0.25, 0.3) is 10.9 Å². The van der Waals surface area contributed by atoms with Crippen molar-refractivity contribution in [2.24, 2.45) is 4.99 Å². The van der Waals surface area contributed by atoms with Gasteiger partial charge < -0.3 is 15.4 Å². The summed E-state index contributed by atoms with van der Waals surface area (Å²) in [4.78, 5) is 18.9. The highest BCUT2D eigenvalue weighted by Gasteiger charge is 2.26. The molecule has 0 spiro atoms. The third-order valence-corrected chi connectivity index (χ3v) is 5.84. The van der Waals surface area contributed by atoms with Crippen LogP contribution in [-0.2, 0) is 4.79 Å². The van der Waals surface area contributed by atoms with Crippen molar-refractivity contribution in [2.75, 3.05) is 11.1 Å². The van der Waals surface area contributed by atoms with Gasteiger partial charge in [-0.1, -0.05) is 12.8 Å². The first-order valence-electron chi connectivity index (χ1n) is 8.44. The first kappa shape index (κ1) is 15.6. The Morgan fingerprint density at radius 2 is 2.12 bits per heavy atom. The Balaban J connectivity index is 1.69. The molecule has 0 radical (unpaired) electrons. The second kappa shape index (κ2) is 6.16. The highest BCUT2D eigenvalue weighted by molar-refractivity contribution is 8.14. The minimum Gasteiger partial charge on any atom is -0.480 e. The molecule has 1 aromatic heterocycles. The van der Waals surface area contributed by atoms with Crippen LogP contribution >= 0.6 is 11.8 Å². The van der Waals surface area contributed by atoms with Crippen molar-refractivity contribution >= 4 is 39.4 Å². The van der Waals surface area contributed by atoms with Crippen LogP contribution in [0.1, 0.15) is 36.9 Å². The van der Waals surface area contributed by atoms with Gasteiger partial charge in [-0.25, -0.2) is 4.79 Å². The molecule has 0 unspecified atom stereocenters. The molecule has 1 aliphatic carbocycles. The van der Waals surface area contributed by atoms with E-state index in [0.29, 0.717) is 11.8 Å². The number of thioether (sulfide) groups is 1. The van der Waals surface area contributed by atoms with E-state index in [-0.39, 0.29) is 0 Å². The van der Waals surface area contributed by atoms with Gasteiger partial charge in [0.1, 0.15) is 5.04 Å². The minimum atomic E-state index is -0.854. The molecule has 0 amide bonds. The summed E-state index contributed by atoms with van der Waals surface area (Å²) >= 11 is 1.51. The van der Waals surface area contributed by atoms with Gasteiger partial charge in [-0.05, 0) is 43.5 Å². The molecule has 24 heavy (non-hydrogen) atoms. The summed E-state index contributed by atoms with van der Waals surface area (Å²) in [5.41, 5.74) is 4.36. The average molecular weight is 343 g/mol. The standard InChI is InChI=1S/C18H21N3O2S/c1-10-6-11-8-14(17-21-15(9-24-17)18(22)23)20-16(11)13(7-10)19-12-4-2-3-5-12/h6-8,12,15,19-20H,2-5,9H2,1H3,(H,22,23)/t15-/m0/s1. The van der Waals surface area contributed by atoms with Gasteiger partial charge in [0.25, 0.3) is 0 Å². The van der Waals surface area contributed by atoms with E-state index in [9.17, 15) is 4.79 Å². The van der Waals surface area contributed by atoms with Crippen LogP contribution in [0.15, 0.2) is 23.2 Å². The van der Waals surface area contributed by atoms with Crippen molar-refractivity contribution < 1.29 is 9.90 Å². The number of carboxylic acids is 1. The van der Waals surface area contributed by atoms with Crippen molar-refractivity contribution in [3.05, 3.63) is 29.5 Å². The van der Waals surface area contributed by atoms with Crippen molar-refractivity contribution in [1.82, 2.24) is 4.98 Å². The summed E-state index contributed by atoms with van der Waals surface area (Å²) in [6.45, 7) is 2.11. The maximum Gasteiger partial charge on any atom is 0.329 e. The zero-order chi connectivity index (χ0) is 16.7. The van der Waals surface area contributed by atoms with Gasteiger partial charge in [-0.3, -0.25) is 4.99 Å². The van der Waals surface area contributed by atoms with Gasteiger partial charge in [-0.2, -0.15) is 0 Å². The predicted molar refractivity (Wildman–Crippen MR) is 99.3 cm³/mol. The number of anilines is 1. The summed E-state index contributed by atoms with van der Waals surface area (Å²) < 4.78 is 0. The number of nitrogens with one attached hydrogen (secondary N) is 2. The van der Waals surface area contributed by atoms with Gasteiger partial charge in [0.15, 0.2) is 6.04 Å². The fourth-order valence-corrected chi connectivity index (χ4v) is 4.56. The molecule has 6 heteroatoms. The average Bonchev–Trinajstić information content (AvgIpc) is 3.26. The number of aromatic nitrogens is 1. The minimum absolute atomic E-state index is 0.506. The van der Waals surface area contributed by atoms with Gasteiger partial charge >= 0.3 is 5.97 Å². The van der Waals surface area contributed by atoms with E-state index >= 15 is 0 Å². The van der Waals surface area contributed by atoms with E-state index in [2.05, 4.69) is 40.4 Å². The van der Waals surface area contributed by atoms with Crippen molar-refractivity contribution in [3.8, 4) is 0 Å². The number of aliphatic imine (C=N–C) groups is 1. The lowest BCUT2D eigenvalue weighted by Crippen LogP contribution is -2.17. The molecule has 0 bridgehead atoms. The molecule has 1 aliphatic heterocycles. The number of hydrogen-bond acceptors (Lipinski definition) is 4. The number of aromatic amines is 1. The van der Waals surface area contributed by atoms with Crippen molar-refractivity contribution in [2.45, 2.75) is 44.7 Å². The van der Waals surface area contributed by atoms with Gasteiger partial charge in [0.05, 0.1) is 16.9 Å². The zero-order valence-electron chi connectivity index (χ0n) is 13.6. The number of H-pyrrole nitrogens is 1. The van der Waals surface area contributed by atoms with Crippen LogP contribution < -0.4 is 5.32 Å². The lowest BCUT2D eigenvalue weighted by molar-refractivity contribution is -0.137. The zero-order valence-corrected chi connectivity index (χ0v) is 14.4. The number of benzene rings is 1. The van der Waals surface area contributed by atoms with E-state index in [1.807, 2.05) is 0 Å². The molecule has 1 atom stereocenters. The summed E-state index contributed by atoms with van der Waals surface area (Å²) in [6.07, 6.45) is 5.05. The number of carbonyl (C=O) groups is 1. The summed E-state index contributed by atoms with van der Waals surface area (Å²) in [7, 11) is 0. The maximum absolute atomic E-state index is 11.1. The Kier molecular flexibility index (Phi) is 4.00. The van der Waals surface area contributed by atoms with E-state index in [0.717, 1.165) is 27.3 Å². The van der Waals surface area contributed by atoms with Crippen LogP contribution in [0.5, 0.6) is 0 Å². The van der Waals surface area contributed by atoms with Crippen molar-refractivity contribution in [1.29, 1.82) is 0 Å². The topological polar surface area (TPSA) is 77.5 Å². The molecule has 5 nitrogen and oxygen atoms in total. The highest BCUT2D eigenvalue weighted by atomic mass is 32.2. The molecule has 1 saturated carbocycles. The molecule has 4 rings (SSSR count). The Morgan fingerprint density at radius 3 is 2.83 bits per heavy atom. The maximum atomic E-state index is 11.1. The Labute approximate surface area is 144 Å². The van der Waals surface area contributed by atoms with Gasteiger partial charge in [0, 0.05) is 17.2 Å². The first-order chi connectivity index (χ1) is 11.6. The molecule has 126 valence electrons. The monoisotopic (exact) mass is 343 g/mol. The molecule has 2 aliphatic rings. The number of carboxylic acid groups (broad SMARTS) is 1. The summed E-state index contributed by atoms with van der Waals surface area (Å²) in [5, 5.41) is 14.7. The molecule has 1 aromatic carbocycles. The smallest absolute Gasteiger partial charge is 0.329 e. The van der Waals surface area contributed by atoms with Crippen LogP contribution in [0.3, 0.4) is 0 Å². The number of rotatable bonds is 4. The fraction of sp³-hybridized carbons (Fsp3) is 0.444. The van der Waals surface area contributed by atoms with Crippen LogP contribution in [0, 0.1) is 6.92 Å². The highest BCUT2D eigenvalue weighted by Crippen LogP contribution is 2.32. The Morgan fingerprint density at radius 1 is 1.33 bits per heavy atom. The molecule has 1 fully saturated rings. The normalized spacial score (nSPS) is 21.4. The number of aryl methyl sites for hydroxylation is 1. The molecular weight excluding hydrogens is 322 g/mol. The third kappa shape index (κ3) is 2.90. The number of nitrogens with zero attached hydrogens (tertiary/aromatic N) is 1. The fourth-order valence-electron chi connectivity index (χ4n) is 3.56. The quantitative estimate of drug-likeness (QED) is 0.789. The van der Waals surface area contributed by atoms with E-state index < -0.39 is 12.0 Å². The number of fused-ring (bicyclic) bond motifs is 1.